The van der Waals surface area contributed by atoms with Crippen molar-refractivity contribution < 1.29 is 4.74 Å². The first-order valence-electron chi connectivity index (χ1n) is 6.30. The summed E-state index contributed by atoms with van der Waals surface area (Å²) in [6, 6.07) is 1.97. The van der Waals surface area contributed by atoms with Gasteiger partial charge in [-0.2, -0.15) is 0 Å². The highest BCUT2D eigenvalue weighted by atomic mass is 16.5. The van der Waals surface area contributed by atoms with Crippen LogP contribution in [-0.2, 0) is 11.3 Å². The first-order valence-corrected chi connectivity index (χ1v) is 6.30. The van der Waals surface area contributed by atoms with Gasteiger partial charge in [-0.25, -0.2) is 0 Å². The molecule has 0 aromatic carbocycles. The highest BCUT2D eigenvalue weighted by molar-refractivity contribution is 5.67. The Morgan fingerprint density at radius 2 is 2.00 bits per heavy atom. The lowest BCUT2D eigenvalue weighted by Crippen LogP contribution is -2.31. The molecule has 1 aromatic rings. The number of hydrogen-bond donors (Lipinski definition) is 1. The Hall–Kier alpha value is -1.49. The maximum absolute atomic E-state index is 12.2. The van der Waals surface area contributed by atoms with E-state index in [2.05, 4.69) is 18.7 Å². The van der Waals surface area contributed by atoms with Gasteiger partial charge in [0.05, 0.1) is 12.3 Å². The third-order valence-electron chi connectivity index (χ3n) is 3.15. The van der Waals surface area contributed by atoms with E-state index in [0.717, 1.165) is 24.5 Å². The monoisotopic (exact) mass is 253 g/mol. The molecule has 0 aliphatic heterocycles. The smallest absolute Gasteiger partial charge is 0.276 e. The lowest BCUT2D eigenvalue weighted by molar-refractivity contribution is 0.185. The molecule has 0 radical (unpaired) electrons. The van der Waals surface area contributed by atoms with Crippen LogP contribution in [0.5, 0.6) is 0 Å². The SMILES string of the molecule is CCN(CC)c1cc(C)n(CCOC)c(=O)c1N. The fraction of sp³-hybridized carbons (Fsp3) is 0.615. The molecule has 0 atom stereocenters. The molecule has 0 saturated carbocycles. The zero-order valence-corrected chi connectivity index (χ0v) is 11.7. The third-order valence-corrected chi connectivity index (χ3v) is 3.15. The van der Waals surface area contributed by atoms with Crippen LogP contribution in [0.4, 0.5) is 11.4 Å². The summed E-state index contributed by atoms with van der Waals surface area (Å²) < 4.78 is 6.66. The number of methoxy groups -OCH3 is 1. The first kappa shape index (κ1) is 14.6. The molecule has 102 valence electrons. The Bertz CT molecular complexity index is 450. The number of nitrogen functional groups attached to an aromatic ring is 1. The fourth-order valence-corrected chi connectivity index (χ4v) is 2.06. The predicted molar refractivity (Wildman–Crippen MR) is 75.3 cm³/mol. The lowest BCUT2D eigenvalue weighted by atomic mass is 10.2. The van der Waals surface area contributed by atoms with Crippen LogP contribution in [-0.4, -0.2) is 31.4 Å². The van der Waals surface area contributed by atoms with Crippen molar-refractivity contribution in [3.05, 3.63) is 22.1 Å². The molecule has 0 saturated heterocycles. The van der Waals surface area contributed by atoms with Crippen LogP contribution in [0.3, 0.4) is 0 Å². The minimum absolute atomic E-state index is 0.131. The topological polar surface area (TPSA) is 60.5 Å². The first-order chi connectivity index (χ1) is 8.56. The van der Waals surface area contributed by atoms with Crippen molar-refractivity contribution in [1.82, 2.24) is 4.57 Å². The Morgan fingerprint density at radius 1 is 1.39 bits per heavy atom. The van der Waals surface area contributed by atoms with E-state index in [0.29, 0.717) is 18.8 Å². The molecule has 1 aromatic heterocycles. The standard InChI is InChI=1S/C13H23N3O2/c1-5-15(6-2)11-9-10(3)16(7-8-18-4)13(17)12(11)14/h9H,5-8,14H2,1-4H3. The molecule has 0 spiro atoms. The number of anilines is 2. The van der Waals surface area contributed by atoms with Gasteiger partial charge in [0.2, 0.25) is 0 Å². The van der Waals surface area contributed by atoms with Gasteiger partial charge in [-0.05, 0) is 26.8 Å². The average Bonchev–Trinajstić information content (AvgIpc) is 2.36. The van der Waals surface area contributed by atoms with Gasteiger partial charge in [0.25, 0.3) is 5.56 Å². The van der Waals surface area contributed by atoms with E-state index in [4.69, 9.17) is 10.5 Å². The molecule has 5 nitrogen and oxygen atoms in total. The molecule has 1 heterocycles. The second kappa shape index (κ2) is 6.44. The van der Waals surface area contributed by atoms with Crippen molar-refractivity contribution in [2.24, 2.45) is 0 Å². The van der Waals surface area contributed by atoms with Gasteiger partial charge in [-0.1, -0.05) is 0 Å². The van der Waals surface area contributed by atoms with Gasteiger partial charge in [-0.15, -0.1) is 0 Å². The second-order valence-corrected chi connectivity index (χ2v) is 4.21. The lowest BCUT2D eigenvalue weighted by Gasteiger charge is -2.24. The Labute approximate surface area is 108 Å². The Balaban J connectivity index is 3.23. The van der Waals surface area contributed by atoms with Crippen LogP contribution in [0.25, 0.3) is 0 Å². The quantitative estimate of drug-likeness (QED) is 0.828. The summed E-state index contributed by atoms with van der Waals surface area (Å²) in [7, 11) is 1.62. The van der Waals surface area contributed by atoms with Crippen LogP contribution in [0.2, 0.25) is 0 Å². The van der Waals surface area contributed by atoms with Crippen molar-refractivity contribution in [2.45, 2.75) is 27.3 Å². The van der Waals surface area contributed by atoms with E-state index < -0.39 is 0 Å². The number of ether oxygens (including phenoxy) is 1. The fourth-order valence-electron chi connectivity index (χ4n) is 2.06. The van der Waals surface area contributed by atoms with E-state index in [1.165, 1.54) is 0 Å². The molecule has 5 heteroatoms. The normalized spacial score (nSPS) is 10.7. The summed E-state index contributed by atoms with van der Waals surface area (Å²) in [5.74, 6) is 0. The van der Waals surface area contributed by atoms with Gasteiger partial charge in [0, 0.05) is 32.4 Å². The number of hydrogen-bond acceptors (Lipinski definition) is 4. The zero-order valence-electron chi connectivity index (χ0n) is 11.7. The highest BCUT2D eigenvalue weighted by Gasteiger charge is 2.13. The van der Waals surface area contributed by atoms with Crippen LogP contribution < -0.4 is 16.2 Å². The van der Waals surface area contributed by atoms with Gasteiger partial charge >= 0.3 is 0 Å². The number of rotatable bonds is 6. The number of aryl methyl sites for hydroxylation is 1. The van der Waals surface area contributed by atoms with Gasteiger partial charge in [-0.3, -0.25) is 4.79 Å². The second-order valence-electron chi connectivity index (χ2n) is 4.21. The molecule has 0 amide bonds. The average molecular weight is 253 g/mol. The molecule has 0 fully saturated rings. The molecule has 0 aliphatic rings. The summed E-state index contributed by atoms with van der Waals surface area (Å²) in [6.07, 6.45) is 0. The third kappa shape index (κ3) is 2.85. The summed E-state index contributed by atoms with van der Waals surface area (Å²) in [5, 5.41) is 0. The molecule has 2 N–H and O–H groups in total. The summed E-state index contributed by atoms with van der Waals surface area (Å²) >= 11 is 0. The summed E-state index contributed by atoms with van der Waals surface area (Å²) in [6.45, 7) is 8.73. The maximum atomic E-state index is 12.2. The largest absolute Gasteiger partial charge is 0.393 e. The molecule has 18 heavy (non-hydrogen) atoms. The molecule has 1 rings (SSSR count). The van der Waals surface area contributed by atoms with Gasteiger partial charge < -0.3 is 19.9 Å². The van der Waals surface area contributed by atoms with E-state index in [1.807, 2.05) is 13.0 Å². The highest BCUT2D eigenvalue weighted by Crippen LogP contribution is 2.20. The minimum Gasteiger partial charge on any atom is -0.393 e. The van der Waals surface area contributed by atoms with E-state index in [-0.39, 0.29) is 5.56 Å². The number of pyridine rings is 1. The van der Waals surface area contributed by atoms with Crippen molar-refractivity contribution in [3.8, 4) is 0 Å². The molecular weight excluding hydrogens is 230 g/mol. The van der Waals surface area contributed by atoms with Crippen LogP contribution in [0, 0.1) is 6.92 Å². The summed E-state index contributed by atoms with van der Waals surface area (Å²) in [4.78, 5) is 14.3. The predicted octanol–water partition coefficient (Wildman–Crippen LogP) is 1.23. The Kier molecular flexibility index (Phi) is 5.22. The number of nitrogens with zero attached hydrogens (tertiary/aromatic N) is 2. The van der Waals surface area contributed by atoms with Crippen LogP contribution in [0.1, 0.15) is 19.5 Å². The summed E-state index contributed by atoms with van der Waals surface area (Å²) in [5.41, 5.74) is 7.89. The molecule has 0 aliphatic carbocycles. The zero-order chi connectivity index (χ0) is 13.7. The van der Waals surface area contributed by atoms with Crippen molar-refractivity contribution in [1.29, 1.82) is 0 Å². The van der Waals surface area contributed by atoms with E-state index in [1.54, 1.807) is 11.7 Å². The molecular formula is C13H23N3O2. The molecule has 0 bridgehead atoms. The van der Waals surface area contributed by atoms with E-state index in [9.17, 15) is 4.79 Å². The van der Waals surface area contributed by atoms with Crippen LogP contribution >= 0.6 is 0 Å². The van der Waals surface area contributed by atoms with Gasteiger partial charge in [0.1, 0.15) is 5.69 Å². The van der Waals surface area contributed by atoms with Crippen molar-refractivity contribution in [2.75, 3.05) is 37.4 Å². The maximum Gasteiger partial charge on any atom is 0.276 e. The molecule has 0 unspecified atom stereocenters. The van der Waals surface area contributed by atoms with Crippen molar-refractivity contribution in [3.63, 3.8) is 0 Å². The Morgan fingerprint density at radius 3 is 2.50 bits per heavy atom. The van der Waals surface area contributed by atoms with Gasteiger partial charge in [0.15, 0.2) is 0 Å². The van der Waals surface area contributed by atoms with E-state index >= 15 is 0 Å². The van der Waals surface area contributed by atoms with Crippen molar-refractivity contribution >= 4 is 11.4 Å². The number of aromatic nitrogens is 1. The minimum atomic E-state index is -0.131. The number of nitrogens with two attached hydrogens (primary N) is 1. The van der Waals surface area contributed by atoms with Crippen LogP contribution in [0.15, 0.2) is 10.9 Å².